The van der Waals surface area contributed by atoms with Crippen LogP contribution in [-0.2, 0) is 0 Å². The van der Waals surface area contributed by atoms with Gasteiger partial charge in [-0.3, -0.25) is 0 Å². The van der Waals surface area contributed by atoms with Gasteiger partial charge in [-0.25, -0.2) is 4.79 Å². The van der Waals surface area contributed by atoms with Gasteiger partial charge in [0.1, 0.15) is 0 Å². The molecule has 2 bridgehead atoms. The molecule has 0 saturated heterocycles. The first kappa shape index (κ1) is 15.6. The lowest BCUT2D eigenvalue weighted by molar-refractivity contribution is 0.0508. The Balaban J connectivity index is 2.00. The maximum absolute atomic E-state index is 12.3. The van der Waals surface area contributed by atoms with E-state index in [9.17, 15) is 9.90 Å². The molecule has 3 atom stereocenters. The van der Waals surface area contributed by atoms with Gasteiger partial charge < -0.3 is 15.3 Å². The monoisotopic (exact) mass is 282 g/mol. The third kappa shape index (κ3) is 2.43. The lowest BCUT2D eigenvalue weighted by Crippen LogP contribution is -2.52. The maximum atomic E-state index is 12.3. The van der Waals surface area contributed by atoms with E-state index in [0.29, 0.717) is 12.0 Å². The van der Waals surface area contributed by atoms with Crippen LogP contribution in [0.2, 0.25) is 0 Å². The van der Waals surface area contributed by atoms with E-state index in [1.54, 1.807) is 25.8 Å². The second-order valence-corrected chi connectivity index (χ2v) is 8.28. The van der Waals surface area contributed by atoms with Gasteiger partial charge in [0.15, 0.2) is 0 Å². The van der Waals surface area contributed by atoms with E-state index >= 15 is 0 Å². The molecular weight excluding hydrogens is 252 g/mol. The third-order valence-corrected chi connectivity index (χ3v) is 6.06. The zero-order chi connectivity index (χ0) is 15.3. The van der Waals surface area contributed by atoms with Crippen molar-refractivity contribution in [1.29, 1.82) is 0 Å². The second-order valence-electron chi connectivity index (χ2n) is 8.28. The summed E-state index contributed by atoms with van der Waals surface area (Å²) in [5, 5.41) is 13.0. The molecule has 20 heavy (non-hydrogen) atoms. The Labute approximate surface area is 122 Å². The average Bonchev–Trinajstić information content (AvgIpc) is 2.59. The summed E-state index contributed by atoms with van der Waals surface area (Å²) < 4.78 is 0. The smallest absolute Gasteiger partial charge is 0.317 e. The van der Waals surface area contributed by atoms with E-state index in [-0.39, 0.29) is 17.5 Å². The SMILES string of the molecule is CN(CC(C)(C)O)C(=O)NC1CC2CCC1(C)C2(C)C. The minimum atomic E-state index is -0.857. The van der Waals surface area contributed by atoms with Gasteiger partial charge in [0.25, 0.3) is 0 Å². The molecule has 2 aliphatic carbocycles. The molecule has 0 aromatic heterocycles. The van der Waals surface area contributed by atoms with Crippen LogP contribution < -0.4 is 5.32 Å². The fourth-order valence-electron chi connectivity index (χ4n) is 4.33. The van der Waals surface area contributed by atoms with E-state index in [2.05, 4.69) is 26.1 Å². The number of urea groups is 1. The van der Waals surface area contributed by atoms with Crippen molar-refractivity contribution in [2.75, 3.05) is 13.6 Å². The van der Waals surface area contributed by atoms with Gasteiger partial charge in [0.05, 0.1) is 12.1 Å². The number of amides is 2. The summed E-state index contributed by atoms with van der Waals surface area (Å²) in [6.07, 6.45) is 3.58. The van der Waals surface area contributed by atoms with Crippen LogP contribution in [0.15, 0.2) is 0 Å². The number of carbonyl (C=O) groups excluding carboxylic acids is 1. The quantitative estimate of drug-likeness (QED) is 0.836. The van der Waals surface area contributed by atoms with Crippen molar-refractivity contribution in [3.05, 3.63) is 0 Å². The third-order valence-electron chi connectivity index (χ3n) is 6.06. The molecule has 4 heteroatoms. The van der Waals surface area contributed by atoms with Gasteiger partial charge in [0, 0.05) is 13.1 Å². The minimum absolute atomic E-state index is 0.0679. The number of hydrogen-bond donors (Lipinski definition) is 2. The number of carbonyl (C=O) groups is 1. The summed E-state index contributed by atoms with van der Waals surface area (Å²) in [6.45, 7) is 10.8. The topological polar surface area (TPSA) is 52.6 Å². The average molecular weight is 282 g/mol. The van der Waals surface area contributed by atoms with E-state index in [1.807, 2.05) is 0 Å². The van der Waals surface area contributed by atoms with Gasteiger partial charge >= 0.3 is 6.03 Å². The van der Waals surface area contributed by atoms with Crippen molar-refractivity contribution in [1.82, 2.24) is 10.2 Å². The normalized spacial score (nSPS) is 35.1. The molecule has 0 radical (unpaired) electrons. The van der Waals surface area contributed by atoms with Crippen molar-refractivity contribution < 1.29 is 9.90 Å². The van der Waals surface area contributed by atoms with Crippen LogP contribution in [0.4, 0.5) is 4.79 Å². The number of nitrogens with zero attached hydrogens (tertiary/aromatic N) is 1. The van der Waals surface area contributed by atoms with Crippen LogP contribution >= 0.6 is 0 Å². The molecule has 2 amide bonds. The molecule has 0 spiro atoms. The maximum Gasteiger partial charge on any atom is 0.317 e. The summed E-state index contributed by atoms with van der Waals surface area (Å²) >= 11 is 0. The Morgan fingerprint density at radius 3 is 2.40 bits per heavy atom. The van der Waals surface area contributed by atoms with Gasteiger partial charge in [-0.05, 0) is 49.9 Å². The largest absolute Gasteiger partial charge is 0.389 e. The van der Waals surface area contributed by atoms with Crippen molar-refractivity contribution in [2.24, 2.45) is 16.7 Å². The van der Waals surface area contributed by atoms with Gasteiger partial charge in [-0.15, -0.1) is 0 Å². The van der Waals surface area contributed by atoms with Crippen molar-refractivity contribution in [2.45, 2.75) is 65.5 Å². The minimum Gasteiger partial charge on any atom is -0.389 e. The molecular formula is C16H30N2O2. The lowest BCUT2D eigenvalue weighted by Gasteiger charge is -2.40. The van der Waals surface area contributed by atoms with Gasteiger partial charge in [-0.1, -0.05) is 20.8 Å². The Hall–Kier alpha value is -0.770. The Kier molecular flexibility index (Phi) is 3.61. The molecule has 2 aliphatic rings. The summed E-state index contributed by atoms with van der Waals surface area (Å²) in [4.78, 5) is 13.9. The second kappa shape index (κ2) is 4.62. The number of fused-ring (bicyclic) bond motifs is 2. The standard InChI is InChI=1S/C16H30N2O2/c1-14(2,20)10-18(6)13(19)17-12-9-11-7-8-16(12,5)15(11,3)4/h11-12,20H,7-10H2,1-6H3,(H,17,19). The molecule has 116 valence electrons. The molecule has 2 rings (SSSR count). The molecule has 2 saturated carbocycles. The fourth-order valence-corrected chi connectivity index (χ4v) is 4.33. The van der Waals surface area contributed by atoms with Crippen molar-refractivity contribution >= 4 is 6.03 Å². The zero-order valence-electron chi connectivity index (χ0n) is 13.8. The first-order valence-corrected chi connectivity index (χ1v) is 7.71. The van der Waals surface area contributed by atoms with Crippen LogP contribution in [0.3, 0.4) is 0 Å². The number of nitrogens with one attached hydrogen (secondary N) is 1. The number of rotatable bonds is 3. The first-order valence-electron chi connectivity index (χ1n) is 7.71. The predicted octanol–water partition coefficient (Wildman–Crippen LogP) is 2.61. The van der Waals surface area contributed by atoms with Crippen molar-refractivity contribution in [3.8, 4) is 0 Å². The van der Waals surface area contributed by atoms with E-state index < -0.39 is 5.60 Å². The highest BCUT2D eigenvalue weighted by molar-refractivity contribution is 5.74. The number of aliphatic hydroxyl groups is 1. The van der Waals surface area contributed by atoms with Crippen LogP contribution in [-0.4, -0.2) is 41.3 Å². The molecule has 3 unspecified atom stereocenters. The fraction of sp³-hybridized carbons (Fsp3) is 0.938. The van der Waals surface area contributed by atoms with E-state index in [0.717, 1.165) is 12.3 Å². The van der Waals surface area contributed by atoms with Crippen LogP contribution in [0.25, 0.3) is 0 Å². The molecule has 2 N–H and O–H groups in total. The molecule has 0 aromatic carbocycles. The number of likely N-dealkylation sites (N-methyl/N-ethyl adjacent to an activating group) is 1. The number of hydrogen-bond acceptors (Lipinski definition) is 2. The van der Waals surface area contributed by atoms with E-state index in [1.165, 1.54) is 12.8 Å². The summed E-state index contributed by atoms with van der Waals surface area (Å²) in [7, 11) is 1.74. The Bertz CT molecular complexity index is 400. The molecule has 0 aliphatic heterocycles. The Morgan fingerprint density at radius 1 is 1.40 bits per heavy atom. The molecule has 0 aromatic rings. The Morgan fingerprint density at radius 2 is 2.00 bits per heavy atom. The van der Waals surface area contributed by atoms with Crippen molar-refractivity contribution in [3.63, 3.8) is 0 Å². The highest BCUT2D eigenvalue weighted by Gasteiger charge is 2.61. The van der Waals surface area contributed by atoms with E-state index in [4.69, 9.17) is 0 Å². The van der Waals surface area contributed by atoms with Crippen LogP contribution in [0.1, 0.15) is 53.9 Å². The molecule has 4 nitrogen and oxygen atoms in total. The highest BCUT2D eigenvalue weighted by atomic mass is 16.3. The lowest BCUT2D eigenvalue weighted by atomic mass is 9.69. The van der Waals surface area contributed by atoms with Gasteiger partial charge in [-0.2, -0.15) is 0 Å². The molecule has 2 fully saturated rings. The summed E-state index contributed by atoms with van der Waals surface area (Å²) in [5.74, 6) is 0.720. The molecule has 0 heterocycles. The van der Waals surface area contributed by atoms with Crippen LogP contribution in [0.5, 0.6) is 0 Å². The van der Waals surface area contributed by atoms with Gasteiger partial charge in [0.2, 0.25) is 0 Å². The highest BCUT2D eigenvalue weighted by Crippen LogP contribution is 2.65. The zero-order valence-corrected chi connectivity index (χ0v) is 13.8. The summed E-state index contributed by atoms with van der Waals surface area (Å²) in [6, 6.07) is 0.190. The van der Waals surface area contributed by atoms with Crippen LogP contribution in [0, 0.1) is 16.7 Å². The summed E-state index contributed by atoms with van der Waals surface area (Å²) in [5.41, 5.74) is -0.355. The predicted molar refractivity (Wildman–Crippen MR) is 80.5 cm³/mol. The first-order chi connectivity index (χ1) is 8.97.